The normalized spacial score (nSPS) is 11.6. The third kappa shape index (κ3) is 3.10. The summed E-state index contributed by atoms with van der Waals surface area (Å²) in [6.45, 7) is 1.61. The molecule has 0 saturated carbocycles. The zero-order valence-corrected chi connectivity index (χ0v) is 13.3. The zero-order chi connectivity index (χ0) is 16.6. The Kier molecular flexibility index (Phi) is 3.90. The summed E-state index contributed by atoms with van der Waals surface area (Å²) in [6, 6.07) is 5.55. The summed E-state index contributed by atoms with van der Waals surface area (Å²) < 4.78 is 58.7. The first kappa shape index (κ1) is 15.6. The number of anilines is 1. The van der Waals surface area contributed by atoms with Crippen LogP contribution in [0.15, 0.2) is 45.9 Å². The van der Waals surface area contributed by atoms with Crippen molar-refractivity contribution in [3.63, 3.8) is 0 Å². The van der Waals surface area contributed by atoms with Gasteiger partial charge in [0.25, 0.3) is 10.0 Å². The van der Waals surface area contributed by atoms with Gasteiger partial charge in [0, 0.05) is 17.0 Å². The lowest BCUT2D eigenvalue weighted by molar-refractivity contribution is 0.433. The molecule has 0 bridgehead atoms. The number of benzene rings is 1. The van der Waals surface area contributed by atoms with Crippen LogP contribution in [-0.4, -0.2) is 13.6 Å². The zero-order valence-electron chi connectivity index (χ0n) is 11.7. The number of nitrogens with zero attached hydrogens (tertiary/aromatic N) is 1. The van der Waals surface area contributed by atoms with Crippen LogP contribution in [0.4, 0.5) is 14.5 Å². The maximum absolute atomic E-state index is 13.6. The van der Waals surface area contributed by atoms with E-state index in [4.69, 9.17) is 4.52 Å². The van der Waals surface area contributed by atoms with Gasteiger partial charge in [0.05, 0.1) is 16.8 Å². The standard InChI is InChI=1S/C14H10F2N2O3S2/c1-8-14(7-13(22-8)12-4-5-17-21-12)23(19,20)18-11-6-9(15)2-3-10(11)16/h2-7,18H,1H3. The van der Waals surface area contributed by atoms with Crippen LogP contribution in [0.1, 0.15) is 4.88 Å². The van der Waals surface area contributed by atoms with E-state index in [0.717, 1.165) is 18.2 Å². The van der Waals surface area contributed by atoms with Crippen molar-refractivity contribution in [3.8, 4) is 10.6 Å². The average molecular weight is 356 g/mol. The molecule has 0 amide bonds. The highest BCUT2D eigenvalue weighted by atomic mass is 32.2. The third-order valence-electron chi connectivity index (χ3n) is 3.02. The van der Waals surface area contributed by atoms with Crippen molar-refractivity contribution in [2.75, 3.05) is 4.72 Å². The second kappa shape index (κ2) is 5.74. The fourth-order valence-electron chi connectivity index (χ4n) is 1.97. The molecule has 120 valence electrons. The topological polar surface area (TPSA) is 72.2 Å². The van der Waals surface area contributed by atoms with Gasteiger partial charge in [-0.25, -0.2) is 17.2 Å². The van der Waals surface area contributed by atoms with E-state index in [9.17, 15) is 17.2 Å². The predicted octanol–water partition coefficient (Wildman–Crippen LogP) is 3.79. The molecule has 9 heteroatoms. The van der Waals surface area contributed by atoms with Crippen molar-refractivity contribution in [2.45, 2.75) is 11.8 Å². The quantitative estimate of drug-likeness (QED) is 0.772. The summed E-state index contributed by atoms with van der Waals surface area (Å²) >= 11 is 1.20. The van der Waals surface area contributed by atoms with Crippen molar-refractivity contribution >= 4 is 27.0 Å². The first-order chi connectivity index (χ1) is 10.9. The maximum Gasteiger partial charge on any atom is 0.263 e. The van der Waals surface area contributed by atoms with Gasteiger partial charge in [-0.15, -0.1) is 11.3 Å². The molecule has 5 nitrogen and oxygen atoms in total. The van der Waals surface area contributed by atoms with Crippen LogP contribution in [-0.2, 0) is 10.0 Å². The van der Waals surface area contributed by atoms with E-state index in [-0.39, 0.29) is 4.90 Å². The van der Waals surface area contributed by atoms with Crippen molar-refractivity contribution < 1.29 is 21.7 Å². The van der Waals surface area contributed by atoms with Crippen LogP contribution >= 0.6 is 11.3 Å². The van der Waals surface area contributed by atoms with Crippen LogP contribution in [0.2, 0.25) is 0 Å². The second-order valence-corrected chi connectivity index (χ2v) is 7.54. The Balaban J connectivity index is 1.98. The number of sulfonamides is 1. The molecular formula is C14H10F2N2O3S2. The number of thiophene rings is 1. The molecule has 3 aromatic rings. The molecule has 2 heterocycles. The maximum atomic E-state index is 13.6. The molecule has 23 heavy (non-hydrogen) atoms. The average Bonchev–Trinajstić information content (AvgIpc) is 3.11. The lowest BCUT2D eigenvalue weighted by Gasteiger charge is -2.08. The molecule has 0 aliphatic carbocycles. The molecule has 0 spiro atoms. The van der Waals surface area contributed by atoms with Gasteiger partial charge in [-0.2, -0.15) is 0 Å². The van der Waals surface area contributed by atoms with Crippen LogP contribution in [0.25, 0.3) is 10.6 Å². The number of halogens is 2. The second-order valence-electron chi connectivity index (χ2n) is 4.64. The Labute approximate surface area is 134 Å². The molecule has 1 N–H and O–H groups in total. The number of rotatable bonds is 4. The fraction of sp³-hybridized carbons (Fsp3) is 0.0714. The van der Waals surface area contributed by atoms with Gasteiger partial charge >= 0.3 is 0 Å². The Morgan fingerprint density at radius 1 is 1.22 bits per heavy atom. The highest BCUT2D eigenvalue weighted by Gasteiger charge is 2.23. The van der Waals surface area contributed by atoms with Gasteiger partial charge in [0.1, 0.15) is 16.5 Å². The molecular weight excluding hydrogens is 346 g/mol. The van der Waals surface area contributed by atoms with E-state index < -0.39 is 27.3 Å². The van der Waals surface area contributed by atoms with Gasteiger partial charge in [0.15, 0.2) is 5.76 Å². The van der Waals surface area contributed by atoms with Crippen LogP contribution in [0.5, 0.6) is 0 Å². The largest absolute Gasteiger partial charge is 0.355 e. The predicted molar refractivity (Wildman–Crippen MR) is 81.7 cm³/mol. The molecule has 2 aromatic heterocycles. The smallest absolute Gasteiger partial charge is 0.263 e. The molecule has 0 saturated heterocycles. The molecule has 0 aliphatic rings. The van der Waals surface area contributed by atoms with E-state index in [2.05, 4.69) is 9.88 Å². The number of aromatic nitrogens is 1. The van der Waals surface area contributed by atoms with Crippen LogP contribution < -0.4 is 4.72 Å². The molecule has 1 aromatic carbocycles. The summed E-state index contributed by atoms with van der Waals surface area (Å²) in [5.41, 5.74) is -0.447. The Morgan fingerprint density at radius 3 is 2.70 bits per heavy atom. The molecule has 0 atom stereocenters. The Morgan fingerprint density at radius 2 is 2.00 bits per heavy atom. The SMILES string of the molecule is Cc1sc(-c2ccno2)cc1S(=O)(=O)Nc1cc(F)ccc1F. The number of nitrogens with one attached hydrogen (secondary N) is 1. The summed E-state index contributed by atoms with van der Waals surface area (Å²) in [6.07, 6.45) is 1.44. The monoisotopic (exact) mass is 356 g/mol. The highest BCUT2D eigenvalue weighted by molar-refractivity contribution is 7.93. The first-order valence-corrected chi connectivity index (χ1v) is 8.66. The van der Waals surface area contributed by atoms with E-state index in [0.29, 0.717) is 15.5 Å². The van der Waals surface area contributed by atoms with Crippen LogP contribution in [0.3, 0.4) is 0 Å². The number of aryl methyl sites for hydroxylation is 1. The molecule has 0 unspecified atom stereocenters. The summed E-state index contributed by atoms with van der Waals surface area (Å²) in [5.74, 6) is -1.18. The van der Waals surface area contributed by atoms with Crippen molar-refractivity contribution in [1.82, 2.24) is 5.16 Å². The van der Waals surface area contributed by atoms with E-state index in [1.165, 1.54) is 23.6 Å². The van der Waals surface area contributed by atoms with E-state index in [1.54, 1.807) is 13.0 Å². The molecule has 0 fully saturated rings. The Hall–Kier alpha value is -2.26. The van der Waals surface area contributed by atoms with Crippen molar-refractivity contribution in [3.05, 3.63) is 53.0 Å². The summed E-state index contributed by atoms with van der Waals surface area (Å²) in [4.78, 5) is 1.03. The fourth-order valence-corrected chi connectivity index (χ4v) is 4.58. The van der Waals surface area contributed by atoms with Crippen molar-refractivity contribution in [2.24, 2.45) is 0 Å². The van der Waals surface area contributed by atoms with Crippen molar-refractivity contribution in [1.29, 1.82) is 0 Å². The van der Waals surface area contributed by atoms with E-state index >= 15 is 0 Å². The lowest BCUT2D eigenvalue weighted by atomic mass is 10.3. The number of hydrogen-bond donors (Lipinski definition) is 1. The highest BCUT2D eigenvalue weighted by Crippen LogP contribution is 2.34. The Bertz CT molecular complexity index is 951. The first-order valence-electron chi connectivity index (χ1n) is 6.36. The van der Waals surface area contributed by atoms with Gasteiger partial charge < -0.3 is 4.52 Å². The minimum Gasteiger partial charge on any atom is -0.355 e. The minimum atomic E-state index is -4.06. The van der Waals surface area contributed by atoms with Gasteiger partial charge in [0.2, 0.25) is 0 Å². The molecule has 3 rings (SSSR count). The van der Waals surface area contributed by atoms with Gasteiger partial charge in [-0.05, 0) is 25.1 Å². The molecule has 0 radical (unpaired) electrons. The summed E-state index contributed by atoms with van der Waals surface area (Å²) in [7, 11) is -4.06. The van der Waals surface area contributed by atoms with Crippen LogP contribution in [0, 0.1) is 18.6 Å². The summed E-state index contributed by atoms with van der Waals surface area (Å²) in [5, 5.41) is 3.56. The minimum absolute atomic E-state index is 0.0300. The third-order valence-corrected chi connectivity index (χ3v) is 5.70. The lowest BCUT2D eigenvalue weighted by Crippen LogP contribution is -2.14. The van der Waals surface area contributed by atoms with E-state index in [1.807, 2.05) is 0 Å². The van der Waals surface area contributed by atoms with Gasteiger partial charge in [-0.1, -0.05) is 5.16 Å². The molecule has 0 aliphatic heterocycles. The number of hydrogen-bond acceptors (Lipinski definition) is 5. The van der Waals surface area contributed by atoms with Gasteiger partial charge in [-0.3, -0.25) is 4.72 Å².